The van der Waals surface area contributed by atoms with E-state index in [2.05, 4.69) is 0 Å². The summed E-state index contributed by atoms with van der Waals surface area (Å²) >= 11 is 5.23. The molecule has 1 aromatic carbocycles. The van der Waals surface area contributed by atoms with Crippen LogP contribution in [0.25, 0.3) is 6.08 Å². The quantitative estimate of drug-likeness (QED) is 0.344. The molecule has 1 aromatic rings. The lowest BCUT2D eigenvalue weighted by atomic mass is 10.1. The Bertz CT molecular complexity index is 440. The fourth-order valence-corrected chi connectivity index (χ4v) is 1.12. The second-order valence-electron chi connectivity index (χ2n) is 2.92. The Labute approximate surface area is 91.3 Å². The van der Waals surface area contributed by atoms with E-state index >= 15 is 0 Å². The summed E-state index contributed by atoms with van der Waals surface area (Å²) in [7, 11) is 0. The normalized spacial score (nSPS) is 11.2. The fraction of sp³-hybridized carbons (Fsp3) is 0.100. The van der Waals surface area contributed by atoms with Crippen LogP contribution in [-0.2, 0) is 4.79 Å². The number of carbonyl (C=O) groups is 1. The molecule has 0 heterocycles. The van der Waals surface area contributed by atoms with Gasteiger partial charge in [0.15, 0.2) is 0 Å². The van der Waals surface area contributed by atoms with Crippen LogP contribution in [0, 0.1) is 10.1 Å². The highest BCUT2D eigenvalue weighted by molar-refractivity contribution is 6.68. The van der Waals surface area contributed by atoms with E-state index in [0.717, 1.165) is 0 Å². The first-order chi connectivity index (χ1) is 7.02. The maximum atomic E-state index is 10.8. The Morgan fingerprint density at radius 3 is 2.60 bits per heavy atom. The lowest BCUT2D eigenvalue weighted by Gasteiger charge is -1.97. The van der Waals surface area contributed by atoms with Crippen LogP contribution in [0.4, 0.5) is 5.69 Å². The van der Waals surface area contributed by atoms with Gasteiger partial charge in [0.2, 0.25) is 5.24 Å². The molecule has 0 bridgehead atoms. The third-order valence-corrected chi connectivity index (χ3v) is 2.11. The van der Waals surface area contributed by atoms with E-state index in [1.807, 2.05) is 0 Å². The number of hydrogen-bond acceptors (Lipinski definition) is 3. The molecular weight excluding hydrogens is 218 g/mol. The van der Waals surface area contributed by atoms with Gasteiger partial charge < -0.3 is 0 Å². The zero-order valence-electron chi connectivity index (χ0n) is 7.94. The van der Waals surface area contributed by atoms with Crippen molar-refractivity contribution >= 4 is 28.6 Å². The Morgan fingerprint density at radius 1 is 1.47 bits per heavy atom. The SMILES string of the molecule is CC(=Cc1ccccc1[N+](=O)[O-])C(=O)Cl. The van der Waals surface area contributed by atoms with E-state index in [1.165, 1.54) is 19.1 Å². The highest BCUT2D eigenvalue weighted by Crippen LogP contribution is 2.20. The Balaban J connectivity index is 3.20. The van der Waals surface area contributed by atoms with Crippen molar-refractivity contribution in [3.63, 3.8) is 0 Å². The van der Waals surface area contributed by atoms with Gasteiger partial charge in [-0.1, -0.05) is 12.1 Å². The molecule has 0 unspecified atom stereocenters. The third-order valence-electron chi connectivity index (χ3n) is 1.82. The van der Waals surface area contributed by atoms with E-state index in [4.69, 9.17) is 11.6 Å². The molecule has 0 saturated heterocycles. The van der Waals surface area contributed by atoms with Crippen LogP contribution >= 0.6 is 11.6 Å². The molecule has 5 heteroatoms. The van der Waals surface area contributed by atoms with Crippen LogP contribution in [0.5, 0.6) is 0 Å². The highest BCUT2D eigenvalue weighted by Gasteiger charge is 2.11. The van der Waals surface area contributed by atoms with Gasteiger partial charge in [0.05, 0.1) is 10.5 Å². The molecule has 0 aromatic heterocycles. The van der Waals surface area contributed by atoms with Crippen LogP contribution in [-0.4, -0.2) is 10.2 Å². The van der Waals surface area contributed by atoms with Gasteiger partial charge in [-0.05, 0) is 30.7 Å². The number of nitro groups is 1. The van der Waals surface area contributed by atoms with Gasteiger partial charge in [-0.25, -0.2) is 0 Å². The predicted octanol–water partition coefficient (Wildman–Crippen LogP) is 2.76. The van der Waals surface area contributed by atoms with E-state index in [-0.39, 0.29) is 11.3 Å². The number of allylic oxidation sites excluding steroid dienone is 1. The molecule has 15 heavy (non-hydrogen) atoms. The topological polar surface area (TPSA) is 60.2 Å². The Morgan fingerprint density at radius 2 is 2.07 bits per heavy atom. The van der Waals surface area contributed by atoms with Crippen molar-refractivity contribution in [2.45, 2.75) is 6.92 Å². The minimum absolute atomic E-state index is 0.0465. The standard InChI is InChI=1S/C10H8ClNO3/c1-7(10(11)13)6-8-4-2-3-5-9(8)12(14)15/h2-6H,1H3. The van der Waals surface area contributed by atoms with Crippen molar-refractivity contribution in [3.05, 3.63) is 45.5 Å². The van der Waals surface area contributed by atoms with Crippen LogP contribution in [0.15, 0.2) is 29.8 Å². The van der Waals surface area contributed by atoms with Gasteiger partial charge in [-0.2, -0.15) is 0 Å². The van der Waals surface area contributed by atoms with Crippen molar-refractivity contribution in [1.29, 1.82) is 0 Å². The van der Waals surface area contributed by atoms with Gasteiger partial charge >= 0.3 is 0 Å². The Kier molecular flexibility index (Phi) is 3.57. The monoisotopic (exact) mass is 225 g/mol. The van der Waals surface area contributed by atoms with Gasteiger partial charge in [0.1, 0.15) is 0 Å². The number of nitrogens with zero attached hydrogens (tertiary/aromatic N) is 1. The number of para-hydroxylation sites is 1. The van der Waals surface area contributed by atoms with E-state index in [0.29, 0.717) is 5.56 Å². The molecule has 78 valence electrons. The molecule has 0 amide bonds. The lowest BCUT2D eigenvalue weighted by Crippen LogP contribution is -1.93. The van der Waals surface area contributed by atoms with Gasteiger partial charge in [-0.3, -0.25) is 14.9 Å². The Hall–Kier alpha value is -1.68. The van der Waals surface area contributed by atoms with Crippen LogP contribution in [0.3, 0.4) is 0 Å². The summed E-state index contributed by atoms with van der Waals surface area (Å²) in [6.45, 7) is 1.51. The van der Waals surface area contributed by atoms with Crippen molar-refractivity contribution in [1.82, 2.24) is 0 Å². The van der Waals surface area contributed by atoms with Gasteiger partial charge in [-0.15, -0.1) is 0 Å². The number of nitro benzene ring substituents is 1. The number of benzene rings is 1. The third kappa shape index (κ3) is 2.89. The lowest BCUT2D eigenvalue weighted by molar-refractivity contribution is -0.385. The van der Waals surface area contributed by atoms with E-state index in [1.54, 1.807) is 18.2 Å². The number of rotatable bonds is 3. The zero-order valence-corrected chi connectivity index (χ0v) is 8.69. The average molecular weight is 226 g/mol. The number of carbonyl (C=O) groups excluding carboxylic acids is 1. The van der Waals surface area contributed by atoms with Crippen LogP contribution < -0.4 is 0 Å². The smallest absolute Gasteiger partial charge is 0.276 e. The first-order valence-electron chi connectivity index (χ1n) is 4.14. The van der Waals surface area contributed by atoms with Crippen LogP contribution in [0.1, 0.15) is 12.5 Å². The summed E-state index contributed by atoms with van der Waals surface area (Å²) < 4.78 is 0. The highest BCUT2D eigenvalue weighted by atomic mass is 35.5. The average Bonchev–Trinajstić information content (AvgIpc) is 2.18. The van der Waals surface area contributed by atoms with Crippen LogP contribution in [0.2, 0.25) is 0 Å². The molecule has 0 saturated carbocycles. The second-order valence-corrected chi connectivity index (χ2v) is 3.26. The summed E-state index contributed by atoms with van der Waals surface area (Å²) in [6.07, 6.45) is 1.40. The molecule has 0 aliphatic carbocycles. The van der Waals surface area contributed by atoms with E-state index in [9.17, 15) is 14.9 Å². The summed E-state index contributed by atoms with van der Waals surface area (Å²) in [5, 5.41) is 10.0. The van der Waals surface area contributed by atoms with E-state index < -0.39 is 10.2 Å². The summed E-state index contributed by atoms with van der Waals surface area (Å²) in [5.74, 6) is 0. The first kappa shape index (κ1) is 11.4. The summed E-state index contributed by atoms with van der Waals surface area (Å²) in [5.41, 5.74) is 0.592. The molecule has 4 nitrogen and oxygen atoms in total. The maximum absolute atomic E-state index is 10.8. The first-order valence-corrected chi connectivity index (χ1v) is 4.51. The number of hydrogen-bond donors (Lipinski definition) is 0. The largest absolute Gasteiger partial charge is 0.276 e. The molecule has 0 aliphatic heterocycles. The van der Waals surface area contributed by atoms with Gasteiger partial charge in [0.25, 0.3) is 5.69 Å². The van der Waals surface area contributed by atoms with Crippen molar-refractivity contribution in [2.24, 2.45) is 0 Å². The maximum Gasteiger partial charge on any atom is 0.276 e. The molecular formula is C10H8ClNO3. The molecule has 0 N–H and O–H groups in total. The summed E-state index contributed by atoms with van der Waals surface area (Å²) in [4.78, 5) is 20.9. The van der Waals surface area contributed by atoms with Crippen molar-refractivity contribution in [2.75, 3.05) is 0 Å². The molecule has 1 rings (SSSR count). The fourth-order valence-electron chi connectivity index (χ4n) is 1.07. The minimum Gasteiger partial charge on any atom is -0.276 e. The molecule has 0 fully saturated rings. The van der Waals surface area contributed by atoms with Crippen molar-refractivity contribution < 1.29 is 9.72 Å². The zero-order chi connectivity index (χ0) is 11.4. The van der Waals surface area contributed by atoms with Gasteiger partial charge in [0, 0.05) is 11.6 Å². The number of halogens is 1. The predicted molar refractivity (Wildman–Crippen MR) is 57.6 cm³/mol. The molecule has 0 atom stereocenters. The molecule has 0 aliphatic rings. The minimum atomic E-state index is -0.617. The van der Waals surface area contributed by atoms with Crippen molar-refractivity contribution in [3.8, 4) is 0 Å². The molecule has 0 spiro atoms. The summed E-state index contributed by atoms with van der Waals surface area (Å²) in [6, 6.07) is 6.15. The molecule has 0 radical (unpaired) electrons. The second kappa shape index (κ2) is 4.70.